The average molecular weight is 264 g/mol. The predicted molar refractivity (Wildman–Crippen MR) is 76.6 cm³/mol. The van der Waals surface area contributed by atoms with Crippen LogP contribution < -0.4 is 11.3 Å². The Morgan fingerprint density at radius 1 is 1.53 bits per heavy atom. The molecule has 0 amide bonds. The largest absolute Gasteiger partial charge is 0.308 e. The number of hydrogen-bond acceptors (Lipinski definition) is 6. The third-order valence-electron chi connectivity index (χ3n) is 3.66. The summed E-state index contributed by atoms with van der Waals surface area (Å²) < 4.78 is 0. The number of anilines is 1. The van der Waals surface area contributed by atoms with Gasteiger partial charge in [0.15, 0.2) is 0 Å². The minimum Gasteiger partial charge on any atom is -0.308 e. The number of nitrogens with one attached hydrogen (secondary N) is 1. The maximum Gasteiger partial charge on any atom is 0.145 e. The van der Waals surface area contributed by atoms with Gasteiger partial charge in [0.2, 0.25) is 0 Å². The van der Waals surface area contributed by atoms with Crippen LogP contribution in [0.25, 0.3) is 0 Å². The van der Waals surface area contributed by atoms with Gasteiger partial charge in [0.05, 0.1) is 6.54 Å². The fraction of sp³-hybridized carbons (Fsp3) is 0.692. The highest BCUT2D eigenvalue weighted by molar-refractivity contribution is 5.33. The summed E-state index contributed by atoms with van der Waals surface area (Å²) in [5.74, 6) is 6.92. The number of likely N-dealkylation sites (tertiary alicyclic amines) is 1. The number of nitrogens with zero attached hydrogens (tertiary/aromatic N) is 4. The van der Waals surface area contributed by atoms with Crippen molar-refractivity contribution in [3.63, 3.8) is 0 Å². The summed E-state index contributed by atoms with van der Waals surface area (Å²) in [7, 11) is 4.32. The van der Waals surface area contributed by atoms with E-state index in [2.05, 4.69) is 39.3 Å². The zero-order valence-corrected chi connectivity index (χ0v) is 12.1. The number of hydrazine groups is 1. The molecular formula is C13H24N6. The summed E-state index contributed by atoms with van der Waals surface area (Å²) in [6.45, 7) is 5.03. The van der Waals surface area contributed by atoms with Crippen LogP contribution >= 0.6 is 0 Å². The molecule has 0 aliphatic carbocycles. The summed E-state index contributed by atoms with van der Waals surface area (Å²) in [6.07, 6.45) is 2.50. The number of likely N-dealkylation sites (N-methyl/N-ethyl adjacent to an activating group) is 2. The first-order valence-corrected chi connectivity index (χ1v) is 6.78. The predicted octanol–water partition coefficient (Wildman–Crippen LogP) is 0.597. The van der Waals surface area contributed by atoms with Crippen LogP contribution in [0, 0.1) is 6.92 Å². The molecule has 6 heteroatoms. The summed E-state index contributed by atoms with van der Waals surface area (Å²) in [5, 5.41) is 0. The third kappa shape index (κ3) is 3.86. The molecule has 1 aromatic heterocycles. The van der Waals surface area contributed by atoms with Crippen molar-refractivity contribution in [1.29, 1.82) is 0 Å². The third-order valence-corrected chi connectivity index (χ3v) is 3.66. The van der Waals surface area contributed by atoms with Gasteiger partial charge in [-0.1, -0.05) is 0 Å². The Labute approximate surface area is 115 Å². The molecule has 2 heterocycles. The van der Waals surface area contributed by atoms with Crippen molar-refractivity contribution in [1.82, 2.24) is 19.8 Å². The van der Waals surface area contributed by atoms with Gasteiger partial charge in [-0.3, -0.25) is 4.90 Å². The number of aryl methyl sites for hydroxylation is 1. The smallest absolute Gasteiger partial charge is 0.145 e. The maximum atomic E-state index is 5.42. The summed E-state index contributed by atoms with van der Waals surface area (Å²) in [4.78, 5) is 13.6. The topological polar surface area (TPSA) is 70.3 Å². The van der Waals surface area contributed by atoms with Crippen molar-refractivity contribution in [3.05, 3.63) is 17.6 Å². The fourth-order valence-electron chi connectivity index (χ4n) is 2.63. The van der Waals surface area contributed by atoms with E-state index in [1.54, 1.807) is 0 Å². The molecule has 1 aromatic rings. The SMILES string of the molecule is Cc1cc(NN)nc(CN(C)C2CCCN(C)C2)n1. The van der Waals surface area contributed by atoms with Crippen molar-refractivity contribution < 1.29 is 0 Å². The first-order valence-electron chi connectivity index (χ1n) is 6.78. The van der Waals surface area contributed by atoms with E-state index in [-0.39, 0.29) is 0 Å². The van der Waals surface area contributed by atoms with Crippen LogP contribution in [-0.4, -0.2) is 53.0 Å². The van der Waals surface area contributed by atoms with E-state index in [9.17, 15) is 0 Å². The molecule has 0 radical (unpaired) electrons. The van der Waals surface area contributed by atoms with Gasteiger partial charge in [0, 0.05) is 24.3 Å². The molecule has 3 N–H and O–H groups in total. The Hall–Kier alpha value is -1.24. The summed E-state index contributed by atoms with van der Waals surface area (Å²) in [5.41, 5.74) is 3.53. The highest BCUT2D eigenvalue weighted by Gasteiger charge is 2.21. The summed E-state index contributed by atoms with van der Waals surface area (Å²) >= 11 is 0. The number of aromatic nitrogens is 2. The highest BCUT2D eigenvalue weighted by atomic mass is 15.3. The molecule has 1 fully saturated rings. The normalized spacial score (nSPS) is 20.8. The highest BCUT2D eigenvalue weighted by Crippen LogP contribution is 2.15. The minimum atomic E-state index is 0.581. The Morgan fingerprint density at radius 2 is 2.32 bits per heavy atom. The van der Waals surface area contributed by atoms with Gasteiger partial charge in [0.25, 0.3) is 0 Å². The van der Waals surface area contributed by atoms with Crippen LogP contribution in [0.2, 0.25) is 0 Å². The lowest BCUT2D eigenvalue weighted by Gasteiger charge is -2.35. The van der Waals surface area contributed by atoms with Gasteiger partial charge in [-0.05, 0) is 40.4 Å². The summed E-state index contributed by atoms with van der Waals surface area (Å²) in [6, 6.07) is 2.43. The number of hydrogen-bond donors (Lipinski definition) is 2. The average Bonchev–Trinajstić information content (AvgIpc) is 2.38. The van der Waals surface area contributed by atoms with Crippen LogP contribution in [0.15, 0.2) is 6.07 Å². The van der Waals surface area contributed by atoms with E-state index >= 15 is 0 Å². The van der Waals surface area contributed by atoms with Crippen LogP contribution in [0.4, 0.5) is 5.82 Å². The van der Waals surface area contributed by atoms with Gasteiger partial charge in [-0.15, -0.1) is 0 Å². The quantitative estimate of drug-likeness (QED) is 0.613. The molecule has 0 aromatic carbocycles. The number of piperidine rings is 1. The van der Waals surface area contributed by atoms with Crippen molar-refractivity contribution in [2.75, 3.05) is 32.6 Å². The van der Waals surface area contributed by atoms with Crippen LogP contribution in [0.5, 0.6) is 0 Å². The van der Waals surface area contributed by atoms with Crippen molar-refractivity contribution in [2.24, 2.45) is 5.84 Å². The molecule has 2 rings (SSSR count). The van der Waals surface area contributed by atoms with Gasteiger partial charge in [-0.25, -0.2) is 15.8 Å². The first-order chi connectivity index (χ1) is 9.08. The molecule has 1 saturated heterocycles. The minimum absolute atomic E-state index is 0.581. The van der Waals surface area contributed by atoms with E-state index in [0.29, 0.717) is 11.9 Å². The lowest BCUT2D eigenvalue weighted by atomic mass is 10.1. The number of nitrogen functional groups attached to an aromatic ring is 1. The molecule has 106 valence electrons. The lowest BCUT2D eigenvalue weighted by Crippen LogP contribution is -2.44. The zero-order chi connectivity index (χ0) is 13.8. The van der Waals surface area contributed by atoms with Crippen molar-refractivity contribution >= 4 is 5.82 Å². The van der Waals surface area contributed by atoms with Gasteiger partial charge >= 0.3 is 0 Å². The molecule has 1 aliphatic heterocycles. The standard InChI is InChI=1S/C13H24N6/c1-10-7-12(17-14)16-13(15-10)9-19(3)11-5-4-6-18(2)8-11/h7,11H,4-6,8-9,14H2,1-3H3,(H,15,16,17). The van der Waals surface area contributed by atoms with Crippen LogP contribution in [0.3, 0.4) is 0 Å². The molecule has 1 aliphatic rings. The van der Waals surface area contributed by atoms with E-state index in [4.69, 9.17) is 5.84 Å². The lowest BCUT2D eigenvalue weighted by molar-refractivity contribution is 0.127. The molecule has 0 saturated carbocycles. The van der Waals surface area contributed by atoms with E-state index in [1.807, 2.05) is 13.0 Å². The second kappa shape index (κ2) is 6.27. The van der Waals surface area contributed by atoms with Gasteiger partial charge in [-0.2, -0.15) is 0 Å². The second-order valence-corrected chi connectivity index (χ2v) is 5.43. The Kier molecular flexibility index (Phi) is 4.68. The van der Waals surface area contributed by atoms with Gasteiger partial charge in [0.1, 0.15) is 11.6 Å². The molecule has 0 bridgehead atoms. The maximum absolute atomic E-state index is 5.42. The van der Waals surface area contributed by atoms with Crippen molar-refractivity contribution in [3.8, 4) is 0 Å². The van der Waals surface area contributed by atoms with E-state index < -0.39 is 0 Å². The number of nitrogens with two attached hydrogens (primary N) is 1. The van der Waals surface area contributed by atoms with Crippen molar-refractivity contribution in [2.45, 2.75) is 32.4 Å². The monoisotopic (exact) mass is 264 g/mol. The van der Waals surface area contributed by atoms with E-state index in [0.717, 1.165) is 24.6 Å². The molecule has 1 unspecified atom stereocenters. The Balaban J connectivity index is 2.01. The van der Waals surface area contributed by atoms with E-state index in [1.165, 1.54) is 19.4 Å². The first kappa shape index (κ1) is 14.2. The second-order valence-electron chi connectivity index (χ2n) is 5.43. The molecule has 1 atom stereocenters. The fourth-order valence-corrected chi connectivity index (χ4v) is 2.63. The molecule has 0 spiro atoms. The number of rotatable bonds is 4. The Bertz CT molecular complexity index is 422. The van der Waals surface area contributed by atoms with Crippen LogP contribution in [-0.2, 0) is 6.54 Å². The van der Waals surface area contributed by atoms with Gasteiger partial charge < -0.3 is 10.3 Å². The zero-order valence-electron chi connectivity index (χ0n) is 12.1. The molecular weight excluding hydrogens is 240 g/mol. The van der Waals surface area contributed by atoms with Crippen LogP contribution in [0.1, 0.15) is 24.4 Å². The molecule has 6 nitrogen and oxygen atoms in total. The Morgan fingerprint density at radius 3 is 3.00 bits per heavy atom. The molecule has 19 heavy (non-hydrogen) atoms.